The van der Waals surface area contributed by atoms with Crippen LogP contribution in [0.25, 0.3) is 0 Å². The Labute approximate surface area is 80.1 Å². The molecule has 0 saturated carbocycles. The summed E-state index contributed by atoms with van der Waals surface area (Å²) < 4.78 is 40.1. The highest BCUT2D eigenvalue weighted by Crippen LogP contribution is 2.13. The number of halogens is 4. The molecule has 0 spiro atoms. The van der Waals surface area contributed by atoms with Crippen molar-refractivity contribution >= 4 is 15.9 Å². The van der Waals surface area contributed by atoms with E-state index in [4.69, 9.17) is 0 Å². The Morgan fingerprint density at radius 3 is 2.38 bits per heavy atom. The van der Waals surface area contributed by atoms with Gasteiger partial charge >= 0.3 is 6.43 Å². The lowest BCUT2D eigenvalue weighted by Gasteiger charge is -2.08. The number of ether oxygens (including phenoxy) is 1. The molecule has 1 rings (SSSR count). The first-order chi connectivity index (χ1) is 6.09. The SMILES string of the molecule is FC(F)C(F)Oc1cnc(Br)cn1. The van der Waals surface area contributed by atoms with E-state index in [-0.39, 0.29) is 5.88 Å². The molecule has 0 aromatic carbocycles. The minimum absolute atomic E-state index is 0.281. The van der Waals surface area contributed by atoms with Gasteiger partial charge in [0.25, 0.3) is 6.36 Å². The van der Waals surface area contributed by atoms with Crippen LogP contribution in [0.4, 0.5) is 13.2 Å². The van der Waals surface area contributed by atoms with Crippen LogP contribution >= 0.6 is 15.9 Å². The molecule has 1 unspecified atom stereocenters. The van der Waals surface area contributed by atoms with Crippen LogP contribution in [0.2, 0.25) is 0 Å². The quantitative estimate of drug-likeness (QED) is 0.832. The van der Waals surface area contributed by atoms with Crippen molar-refractivity contribution in [3.63, 3.8) is 0 Å². The molecule has 0 aliphatic rings. The number of hydrogen-bond acceptors (Lipinski definition) is 3. The summed E-state index contributed by atoms with van der Waals surface area (Å²) in [5, 5.41) is 0. The molecule has 0 radical (unpaired) electrons. The third kappa shape index (κ3) is 3.17. The molecule has 13 heavy (non-hydrogen) atoms. The van der Waals surface area contributed by atoms with Crippen LogP contribution in [0.5, 0.6) is 5.88 Å². The summed E-state index contributed by atoms with van der Waals surface area (Å²) in [7, 11) is 0. The van der Waals surface area contributed by atoms with Crippen LogP contribution in [0.15, 0.2) is 17.0 Å². The molecular formula is C6H4BrF3N2O. The van der Waals surface area contributed by atoms with Crippen LogP contribution in [0.3, 0.4) is 0 Å². The van der Waals surface area contributed by atoms with Crippen molar-refractivity contribution in [1.82, 2.24) is 9.97 Å². The molecule has 3 nitrogen and oxygen atoms in total. The lowest BCUT2D eigenvalue weighted by atomic mass is 10.7. The van der Waals surface area contributed by atoms with E-state index in [0.717, 1.165) is 6.20 Å². The molecule has 1 atom stereocenters. The maximum atomic E-state index is 12.3. The predicted molar refractivity (Wildman–Crippen MR) is 41.3 cm³/mol. The summed E-state index contributed by atoms with van der Waals surface area (Å²) in [6.45, 7) is 0. The summed E-state index contributed by atoms with van der Waals surface area (Å²) >= 11 is 2.97. The molecule has 1 aromatic rings. The van der Waals surface area contributed by atoms with E-state index >= 15 is 0 Å². The molecule has 0 fully saturated rings. The van der Waals surface area contributed by atoms with E-state index < -0.39 is 12.8 Å². The molecule has 0 saturated heterocycles. The first kappa shape index (κ1) is 10.2. The molecule has 1 heterocycles. The van der Waals surface area contributed by atoms with Gasteiger partial charge in [-0.05, 0) is 15.9 Å². The van der Waals surface area contributed by atoms with Crippen LogP contribution < -0.4 is 4.74 Å². The lowest BCUT2D eigenvalue weighted by Crippen LogP contribution is -2.20. The molecular weight excluding hydrogens is 253 g/mol. The second kappa shape index (κ2) is 4.40. The Bertz CT molecular complexity index is 269. The second-order valence-corrected chi connectivity index (χ2v) is 2.79. The first-order valence-electron chi connectivity index (χ1n) is 3.16. The number of hydrogen-bond donors (Lipinski definition) is 0. The van der Waals surface area contributed by atoms with Gasteiger partial charge in [-0.25, -0.2) is 18.7 Å². The Balaban J connectivity index is 2.59. The average molecular weight is 257 g/mol. The Hall–Kier alpha value is -0.850. The third-order valence-electron chi connectivity index (χ3n) is 1.03. The van der Waals surface area contributed by atoms with Gasteiger partial charge in [0.2, 0.25) is 5.88 Å². The molecule has 1 aromatic heterocycles. The van der Waals surface area contributed by atoms with E-state index in [9.17, 15) is 13.2 Å². The van der Waals surface area contributed by atoms with Gasteiger partial charge in [0.05, 0.1) is 12.4 Å². The van der Waals surface area contributed by atoms with E-state index in [1.807, 2.05) is 0 Å². The topological polar surface area (TPSA) is 35.0 Å². The second-order valence-electron chi connectivity index (χ2n) is 1.98. The number of alkyl halides is 3. The zero-order chi connectivity index (χ0) is 9.84. The zero-order valence-electron chi connectivity index (χ0n) is 6.12. The first-order valence-corrected chi connectivity index (χ1v) is 3.95. The minimum Gasteiger partial charge on any atom is -0.436 e. The summed E-state index contributed by atoms with van der Waals surface area (Å²) in [5.74, 6) is -0.281. The van der Waals surface area contributed by atoms with E-state index in [2.05, 4.69) is 30.6 Å². The highest BCUT2D eigenvalue weighted by molar-refractivity contribution is 9.10. The van der Waals surface area contributed by atoms with Crippen LogP contribution in [0.1, 0.15) is 0 Å². The summed E-state index contributed by atoms with van der Waals surface area (Å²) in [6.07, 6.45) is -3.60. The van der Waals surface area contributed by atoms with Gasteiger partial charge in [-0.1, -0.05) is 0 Å². The Morgan fingerprint density at radius 1 is 1.23 bits per heavy atom. The van der Waals surface area contributed by atoms with E-state index in [0.29, 0.717) is 4.60 Å². The number of aromatic nitrogens is 2. The Morgan fingerprint density at radius 2 is 1.92 bits per heavy atom. The van der Waals surface area contributed by atoms with Crippen molar-refractivity contribution in [1.29, 1.82) is 0 Å². The predicted octanol–water partition coefficient (Wildman–Crippen LogP) is 2.18. The zero-order valence-corrected chi connectivity index (χ0v) is 7.71. The Kier molecular flexibility index (Phi) is 3.47. The van der Waals surface area contributed by atoms with Crippen LogP contribution in [0, 0.1) is 0 Å². The minimum atomic E-state index is -3.19. The smallest absolute Gasteiger partial charge is 0.304 e. The van der Waals surface area contributed by atoms with E-state index in [1.54, 1.807) is 0 Å². The molecule has 72 valence electrons. The van der Waals surface area contributed by atoms with Crippen molar-refractivity contribution in [2.75, 3.05) is 0 Å². The van der Waals surface area contributed by atoms with Gasteiger partial charge in [0.1, 0.15) is 4.60 Å². The van der Waals surface area contributed by atoms with Gasteiger partial charge in [0, 0.05) is 0 Å². The van der Waals surface area contributed by atoms with Gasteiger partial charge in [0.15, 0.2) is 0 Å². The van der Waals surface area contributed by atoms with Gasteiger partial charge < -0.3 is 4.74 Å². The number of nitrogens with zero attached hydrogens (tertiary/aromatic N) is 2. The maximum absolute atomic E-state index is 12.3. The van der Waals surface area contributed by atoms with Crippen LogP contribution in [-0.4, -0.2) is 22.8 Å². The molecule has 0 aliphatic heterocycles. The molecule has 7 heteroatoms. The summed E-state index contributed by atoms with van der Waals surface area (Å²) in [5.41, 5.74) is 0. The average Bonchev–Trinajstić information content (AvgIpc) is 2.08. The van der Waals surface area contributed by atoms with Crippen molar-refractivity contribution in [2.45, 2.75) is 12.8 Å². The van der Waals surface area contributed by atoms with Gasteiger partial charge in [-0.15, -0.1) is 0 Å². The fourth-order valence-corrected chi connectivity index (χ4v) is 0.733. The highest BCUT2D eigenvalue weighted by atomic mass is 79.9. The third-order valence-corrected chi connectivity index (χ3v) is 1.44. The van der Waals surface area contributed by atoms with Crippen molar-refractivity contribution < 1.29 is 17.9 Å². The monoisotopic (exact) mass is 256 g/mol. The van der Waals surface area contributed by atoms with Crippen LogP contribution in [-0.2, 0) is 0 Å². The molecule has 0 N–H and O–H groups in total. The molecule has 0 bridgehead atoms. The number of rotatable bonds is 3. The van der Waals surface area contributed by atoms with Crippen molar-refractivity contribution in [3.8, 4) is 5.88 Å². The normalized spacial score (nSPS) is 13.0. The summed E-state index contributed by atoms with van der Waals surface area (Å²) in [6, 6.07) is 0. The van der Waals surface area contributed by atoms with Crippen molar-refractivity contribution in [3.05, 3.63) is 17.0 Å². The maximum Gasteiger partial charge on any atom is 0.304 e. The largest absolute Gasteiger partial charge is 0.436 e. The molecule has 0 amide bonds. The van der Waals surface area contributed by atoms with Gasteiger partial charge in [-0.2, -0.15) is 4.39 Å². The van der Waals surface area contributed by atoms with Crippen molar-refractivity contribution in [2.24, 2.45) is 0 Å². The standard InChI is InChI=1S/C6H4BrF3N2O/c7-3-1-12-4(2-11-3)13-6(10)5(8)9/h1-2,5-6H. The molecule has 0 aliphatic carbocycles. The lowest BCUT2D eigenvalue weighted by molar-refractivity contribution is -0.0692. The van der Waals surface area contributed by atoms with E-state index in [1.165, 1.54) is 6.20 Å². The fourth-order valence-electron chi connectivity index (χ4n) is 0.528. The highest BCUT2D eigenvalue weighted by Gasteiger charge is 2.21. The fraction of sp³-hybridized carbons (Fsp3) is 0.333. The summed E-state index contributed by atoms with van der Waals surface area (Å²) in [4.78, 5) is 7.10. The van der Waals surface area contributed by atoms with Gasteiger partial charge in [-0.3, -0.25) is 0 Å².